The zero-order valence-corrected chi connectivity index (χ0v) is 12.3. The van der Waals surface area contributed by atoms with Gasteiger partial charge in [-0.05, 0) is 43.5 Å². The molecule has 0 saturated carbocycles. The van der Waals surface area contributed by atoms with Crippen LogP contribution in [0.15, 0.2) is 24.3 Å². The molecule has 1 heterocycles. The van der Waals surface area contributed by atoms with Crippen molar-refractivity contribution in [2.45, 2.75) is 18.9 Å². The van der Waals surface area contributed by atoms with Crippen molar-refractivity contribution in [2.24, 2.45) is 5.92 Å². The number of aliphatic carboxylic acids is 1. The summed E-state index contributed by atoms with van der Waals surface area (Å²) in [6.45, 7) is 2.32. The van der Waals surface area contributed by atoms with E-state index in [4.69, 9.17) is 16.3 Å². The van der Waals surface area contributed by atoms with Crippen LogP contribution in [0.2, 0.25) is 5.02 Å². The van der Waals surface area contributed by atoms with E-state index < -0.39 is 12.0 Å². The van der Waals surface area contributed by atoms with Gasteiger partial charge in [0.05, 0.1) is 0 Å². The van der Waals surface area contributed by atoms with E-state index in [1.54, 1.807) is 24.3 Å². The molecule has 1 N–H and O–H groups in total. The van der Waals surface area contributed by atoms with Gasteiger partial charge in [-0.3, -0.25) is 9.69 Å². The molecule has 1 aromatic carbocycles. The summed E-state index contributed by atoms with van der Waals surface area (Å²) in [4.78, 5) is 13.5. The maximum atomic E-state index is 11.6. The van der Waals surface area contributed by atoms with Gasteiger partial charge in [-0.25, -0.2) is 0 Å². The standard InChI is InChI=1S/C15H20ClNO3/c1-17(10-11-6-8-20-9-7-11)14(15(18)19)12-2-4-13(16)5-3-12/h2-5,11,14H,6-10H2,1H3,(H,18,19). The van der Waals surface area contributed by atoms with E-state index in [1.807, 2.05) is 11.9 Å². The molecule has 0 bridgehead atoms. The van der Waals surface area contributed by atoms with Crippen molar-refractivity contribution in [2.75, 3.05) is 26.8 Å². The average molecular weight is 298 g/mol. The maximum absolute atomic E-state index is 11.6. The lowest BCUT2D eigenvalue weighted by atomic mass is 9.98. The molecule has 0 aliphatic carbocycles. The minimum atomic E-state index is -0.832. The van der Waals surface area contributed by atoms with Crippen LogP contribution in [0.1, 0.15) is 24.4 Å². The fraction of sp³-hybridized carbons (Fsp3) is 0.533. The quantitative estimate of drug-likeness (QED) is 0.908. The molecular weight excluding hydrogens is 278 g/mol. The molecule has 1 saturated heterocycles. The third-order valence-corrected chi connectivity index (χ3v) is 4.00. The van der Waals surface area contributed by atoms with Crippen LogP contribution in [0.5, 0.6) is 0 Å². The number of carbonyl (C=O) groups is 1. The van der Waals surface area contributed by atoms with Gasteiger partial charge in [0.25, 0.3) is 0 Å². The van der Waals surface area contributed by atoms with E-state index >= 15 is 0 Å². The molecule has 0 spiro atoms. The molecule has 1 atom stereocenters. The van der Waals surface area contributed by atoms with Crippen LogP contribution in [-0.2, 0) is 9.53 Å². The van der Waals surface area contributed by atoms with Crippen molar-refractivity contribution < 1.29 is 14.6 Å². The third-order valence-electron chi connectivity index (χ3n) is 3.75. The number of rotatable bonds is 5. The first kappa shape index (κ1) is 15.3. The normalized spacial score (nSPS) is 18.1. The average Bonchev–Trinajstić information content (AvgIpc) is 2.42. The molecule has 2 rings (SSSR count). The van der Waals surface area contributed by atoms with E-state index in [2.05, 4.69) is 0 Å². The number of hydrogen-bond donors (Lipinski definition) is 1. The van der Waals surface area contributed by atoms with E-state index in [0.717, 1.165) is 38.2 Å². The van der Waals surface area contributed by atoms with Gasteiger partial charge >= 0.3 is 5.97 Å². The molecule has 5 heteroatoms. The van der Waals surface area contributed by atoms with Gasteiger partial charge in [-0.2, -0.15) is 0 Å². The molecule has 20 heavy (non-hydrogen) atoms. The predicted molar refractivity (Wildman–Crippen MR) is 78.0 cm³/mol. The Labute approximate surface area is 124 Å². The molecule has 1 aliphatic rings. The predicted octanol–water partition coefficient (Wildman–Crippen LogP) is 2.82. The zero-order valence-electron chi connectivity index (χ0n) is 11.6. The van der Waals surface area contributed by atoms with Gasteiger partial charge in [-0.1, -0.05) is 23.7 Å². The van der Waals surface area contributed by atoms with Crippen molar-refractivity contribution >= 4 is 17.6 Å². The third kappa shape index (κ3) is 3.95. The Bertz CT molecular complexity index is 443. The number of benzene rings is 1. The van der Waals surface area contributed by atoms with Crippen LogP contribution in [0.3, 0.4) is 0 Å². The first-order valence-corrected chi connectivity index (χ1v) is 7.22. The molecule has 0 radical (unpaired) electrons. The number of likely N-dealkylation sites (N-methyl/N-ethyl adjacent to an activating group) is 1. The van der Waals surface area contributed by atoms with Crippen molar-refractivity contribution in [3.8, 4) is 0 Å². The second-order valence-electron chi connectivity index (χ2n) is 5.29. The highest BCUT2D eigenvalue weighted by molar-refractivity contribution is 6.30. The Balaban J connectivity index is 2.07. The Hall–Kier alpha value is -1.10. The number of hydrogen-bond acceptors (Lipinski definition) is 3. The summed E-state index contributed by atoms with van der Waals surface area (Å²) in [6.07, 6.45) is 1.99. The molecule has 1 aliphatic heterocycles. The number of halogens is 1. The Morgan fingerprint density at radius 1 is 1.40 bits per heavy atom. The van der Waals surface area contributed by atoms with Crippen molar-refractivity contribution in [1.82, 2.24) is 4.90 Å². The number of carboxylic acids is 1. The lowest BCUT2D eigenvalue weighted by molar-refractivity contribution is -0.143. The van der Waals surface area contributed by atoms with E-state index in [0.29, 0.717) is 10.9 Å². The smallest absolute Gasteiger partial charge is 0.325 e. The van der Waals surface area contributed by atoms with E-state index in [9.17, 15) is 9.90 Å². The summed E-state index contributed by atoms with van der Waals surface area (Å²) in [7, 11) is 1.86. The Morgan fingerprint density at radius 2 is 2.00 bits per heavy atom. The second kappa shape index (κ2) is 7.07. The molecule has 0 aromatic heterocycles. The first-order valence-electron chi connectivity index (χ1n) is 6.84. The summed E-state index contributed by atoms with van der Waals surface area (Å²) in [6, 6.07) is 6.39. The summed E-state index contributed by atoms with van der Waals surface area (Å²) in [5, 5.41) is 10.1. The van der Waals surface area contributed by atoms with Gasteiger partial charge < -0.3 is 9.84 Å². The molecule has 1 unspecified atom stereocenters. The highest BCUT2D eigenvalue weighted by Gasteiger charge is 2.27. The Morgan fingerprint density at radius 3 is 2.55 bits per heavy atom. The minimum absolute atomic E-state index is 0.503. The monoisotopic (exact) mass is 297 g/mol. The fourth-order valence-corrected chi connectivity index (χ4v) is 2.80. The summed E-state index contributed by atoms with van der Waals surface area (Å²) >= 11 is 5.86. The fourth-order valence-electron chi connectivity index (χ4n) is 2.67. The molecule has 110 valence electrons. The van der Waals surface area contributed by atoms with Crippen LogP contribution < -0.4 is 0 Å². The molecule has 1 aromatic rings. The van der Waals surface area contributed by atoms with E-state index in [-0.39, 0.29) is 0 Å². The Kier molecular flexibility index (Phi) is 5.40. The number of carboxylic acid groups (broad SMARTS) is 1. The zero-order chi connectivity index (χ0) is 14.5. The lowest BCUT2D eigenvalue weighted by Crippen LogP contribution is -2.36. The van der Waals surface area contributed by atoms with Crippen molar-refractivity contribution in [3.05, 3.63) is 34.9 Å². The molecule has 4 nitrogen and oxygen atoms in total. The summed E-state index contributed by atoms with van der Waals surface area (Å²) < 4.78 is 5.34. The van der Waals surface area contributed by atoms with Crippen LogP contribution in [0.25, 0.3) is 0 Å². The SMILES string of the molecule is CN(CC1CCOCC1)C(C(=O)O)c1ccc(Cl)cc1. The van der Waals surface area contributed by atoms with Gasteiger partial charge in [0.2, 0.25) is 0 Å². The first-order chi connectivity index (χ1) is 9.58. The van der Waals surface area contributed by atoms with Gasteiger partial charge in [0, 0.05) is 24.8 Å². The molecule has 1 fully saturated rings. The highest BCUT2D eigenvalue weighted by Crippen LogP contribution is 2.25. The van der Waals surface area contributed by atoms with Crippen LogP contribution >= 0.6 is 11.6 Å². The van der Waals surface area contributed by atoms with Gasteiger partial charge in [-0.15, -0.1) is 0 Å². The molecular formula is C15H20ClNO3. The largest absolute Gasteiger partial charge is 0.480 e. The topological polar surface area (TPSA) is 49.8 Å². The van der Waals surface area contributed by atoms with Crippen LogP contribution in [0, 0.1) is 5.92 Å². The van der Waals surface area contributed by atoms with Gasteiger partial charge in [0.15, 0.2) is 0 Å². The van der Waals surface area contributed by atoms with Crippen molar-refractivity contribution in [1.29, 1.82) is 0 Å². The lowest BCUT2D eigenvalue weighted by Gasteiger charge is -2.31. The number of ether oxygens (including phenoxy) is 1. The highest BCUT2D eigenvalue weighted by atomic mass is 35.5. The van der Waals surface area contributed by atoms with Gasteiger partial charge in [0.1, 0.15) is 6.04 Å². The summed E-state index contributed by atoms with van der Waals surface area (Å²) in [5.74, 6) is -0.329. The van der Waals surface area contributed by atoms with Crippen molar-refractivity contribution in [3.63, 3.8) is 0 Å². The maximum Gasteiger partial charge on any atom is 0.325 e. The number of nitrogens with zero attached hydrogens (tertiary/aromatic N) is 1. The van der Waals surface area contributed by atoms with Crippen LogP contribution in [0.4, 0.5) is 0 Å². The molecule has 0 amide bonds. The van der Waals surface area contributed by atoms with Crippen LogP contribution in [-0.4, -0.2) is 42.8 Å². The minimum Gasteiger partial charge on any atom is -0.480 e. The van der Waals surface area contributed by atoms with E-state index in [1.165, 1.54) is 0 Å². The second-order valence-corrected chi connectivity index (χ2v) is 5.72. The summed E-state index contributed by atoms with van der Waals surface area (Å²) in [5.41, 5.74) is 0.761.